The minimum absolute atomic E-state index is 0.0559. The molecular weight excluding hydrogens is 314 g/mol. The quantitative estimate of drug-likeness (QED) is 0.821. The third-order valence-corrected chi connectivity index (χ3v) is 6.47. The molecule has 2 aromatic rings. The molecule has 1 aliphatic heterocycles. The predicted molar refractivity (Wildman–Crippen MR) is 103 cm³/mol. The Morgan fingerprint density at radius 3 is 2.54 bits per heavy atom. The van der Waals surface area contributed by atoms with E-state index in [1.165, 1.54) is 16.0 Å². The Labute approximate surface area is 149 Å². The number of aliphatic hydroxyl groups is 1. The lowest BCUT2D eigenvalue weighted by Crippen LogP contribution is -2.50. The van der Waals surface area contributed by atoms with Gasteiger partial charge in [0.2, 0.25) is 0 Å². The van der Waals surface area contributed by atoms with E-state index in [9.17, 15) is 5.11 Å². The SMILES string of the molecule is CC[C@@H](O)CC1(CC)CSc2ccccc2C(c2ccccc2)N1. The second kappa shape index (κ2) is 7.73. The van der Waals surface area contributed by atoms with Crippen molar-refractivity contribution in [3.8, 4) is 0 Å². The van der Waals surface area contributed by atoms with E-state index in [-0.39, 0.29) is 17.7 Å². The Bertz CT molecular complexity index is 660. The molecule has 128 valence electrons. The topological polar surface area (TPSA) is 32.3 Å². The summed E-state index contributed by atoms with van der Waals surface area (Å²) in [4.78, 5) is 1.35. The molecule has 1 heterocycles. The Morgan fingerprint density at radius 1 is 1.12 bits per heavy atom. The van der Waals surface area contributed by atoms with Gasteiger partial charge in [0.15, 0.2) is 0 Å². The summed E-state index contributed by atoms with van der Waals surface area (Å²) in [5.74, 6) is 0.987. The Morgan fingerprint density at radius 2 is 1.83 bits per heavy atom. The number of aliphatic hydroxyl groups excluding tert-OH is 1. The Hall–Kier alpha value is -1.29. The molecule has 0 radical (unpaired) electrons. The largest absolute Gasteiger partial charge is 0.393 e. The number of nitrogens with one attached hydrogen (secondary N) is 1. The van der Waals surface area contributed by atoms with Crippen LogP contribution in [0.15, 0.2) is 59.5 Å². The average molecular weight is 342 g/mol. The Kier molecular flexibility index (Phi) is 5.65. The molecule has 0 fully saturated rings. The van der Waals surface area contributed by atoms with Crippen LogP contribution in [0.4, 0.5) is 0 Å². The molecular formula is C21H27NOS. The van der Waals surface area contributed by atoms with Gasteiger partial charge in [-0.15, -0.1) is 11.8 Å². The van der Waals surface area contributed by atoms with Gasteiger partial charge in [-0.3, -0.25) is 5.32 Å². The maximum absolute atomic E-state index is 10.3. The molecule has 0 aromatic heterocycles. The third kappa shape index (κ3) is 3.69. The van der Waals surface area contributed by atoms with Crippen LogP contribution in [0.25, 0.3) is 0 Å². The van der Waals surface area contributed by atoms with Crippen LogP contribution < -0.4 is 5.32 Å². The van der Waals surface area contributed by atoms with Crippen LogP contribution >= 0.6 is 11.8 Å². The lowest BCUT2D eigenvalue weighted by Gasteiger charge is -2.37. The molecule has 0 aliphatic carbocycles. The summed E-state index contributed by atoms with van der Waals surface area (Å²) in [7, 11) is 0. The van der Waals surface area contributed by atoms with Crippen LogP contribution in [-0.4, -0.2) is 22.5 Å². The van der Waals surface area contributed by atoms with Gasteiger partial charge in [-0.1, -0.05) is 62.4 Å². The predicted octanol–water partition coefficient (Wildman–Crippen LogP) is 4.78. The van der Waals surface area contributed by atoms with Gasteiger partial charge in [0.1, 0.15) is 0 Å². The molecule has 3 rings (SSSR count). The number of rotatable bonds is 5. The second-order valence-corrected chi connectivity index (χ2v) is 7.73. The van der Waals surface area contributed by atoms with Crippen LogP contribution in [0.1, 0.15) is 50.3 Å². The molecule has 2 unspecified atom stereocenters. The maximum atomic E-state index is 10.3. The highest BCUT2D eigenvalue weighted by atomic mass is 32.2. The van der Waals surface area contributed by atoms with Crippen molar-refractivity contribution < 1.29 is 5.11 Å². The van der Waals surface area contributed by atoms with E-state index in [0.717, 1.165) is 25.0 Å². The molecule has 0 spiro atoms. The maximum Gasteiger partial charge on any atom is 0.0592 e. The minimum Gasteiger partial charge on any atom is -0.393 e. The van der Waals surface area contributed by atoms with Gasteiger partial charge in [-0.25, -0.2) is 0 Å². The number of benzene rings is 2. The zero-order valence-corrected chi connectivity index (χ0v) is 15.4. The summed E-state index contributed by atoms with van der Waals surface area (Å²) < 4.78 is 0. The highest BCUT2D eigenvalue weighted by molar-refractivity contribution is 7.99. The summed E-state index contributed by atoms with van der Waals surface area (Å²) >= 11 is 1.92. The van der Waals surface area contributed by atoms with Gasteiger partial charge >= 0.3 is 0 Å². The summed E-state index contributed by atoms with van der Waals surface area (Å²) in [6.07, 6.45) is 2.35. The lowest BCUT2D eigenvalue weighted by molar-refractivity contribution is 0.116. The third-order valence-electron chi connectivity index (χ3n) is 5.09. The van der Waals surface area contributed by atoms with Crippen LogP contribution in [-0.2, 0) is 0 Å². The van der Waals surface area contributed by atoms with Crippen molar-refractivity contribution >= 4 is 11.8 Å². The van der Waals surface area contributed by atoms with Gasteiger partial charge in [0.25, 0.3) is 0 Å². The standard InChI is InChI=1S/C21H27NOS/c1-3-17(23)14-21(4-2)15-24-19-13-9-8-12-18(19)20(22-21)16-10-6-5-7-11-16/h5-13,17,20,22-23H,3-4,14-15H2,1-2H3/t17-,20?,21?/m1/s1. The monoisotopic (exact) mass is 341 g/mol. The highest BCUT2D eigenvalue weighted by Crippen LogP contribution is 2.40. The summed E-state index contributed by atoms with van der Waals surface area (Å²) in [5, 5.41) is 14.3. The van der Waals surface area contributed by atoms with Gasteiger partial charge in [0.05, 0.1) is 12.1 Å². The number of hydrogen-bond donors (Lipinski definition) is 2. The Balaban J connectivity index is 2.02. The molecule has 24 heavy (non-hydrogen) atoms. The van der Waals surface area contributed by atoms with Crippen molar-refractivity contribution in [3.63, 3.8) is 0 Å². The van der Waals surface area contributed by atoms with Crippen molar-refractivity contribution in [2.45, 2.75) is 55.7 Å². The number of fused-ring (bicyclic) bond motifs is 1. The van der Waals surface area contributed by atoms with Crippen molar-refractivity contribution in [1.29, 1.82) is 0 Å². The van der Waals surface area contributed by atoms with Crippen molar-refractivity contribution in [2.24, 2.45) is 0 Å². The van der Waals surface area contributed by atoms with E-state index in [1.54, 1.807) is 0 Å². The summed E-state index contributed by atoms with van der Waals surface area (Å²) in [5.41, 5.74) is 2.57. The molecule has 3 atom stereocenters. The van der Waals surface area contributed by atoms with Crippen LogP contribution in [0, 0.1) is 0 Å². The molecule has 3 heteroatoms. The molecule has 2 aromatic carbocycles. The lowest BCUT2D eigenvalue weighted by atomic mass is 9.87. The summed E-state index contributed by atoms with van der Waals surface area (Å²) in [6, 6.07) is 19.5. The second-order valence-electron chi connectivity index (χ2n) is 6.71. The van der Waals surface area contributed by atoms with Gasteiger partial charge in [0, 0.05) is 16.2 Å². The van der Waals surface area contributed by atoms with E-state index < -0.39 is 0 Å². The number of thioether (sulfide) groups is 1. The fourth-order valence-electron chi connectivity index (χ4n) is 3.46. The summed E-state index contributed by atoms with van der Waals surface area (Å²) in [6.45, 7) is 4.29. The fourth-order valence-corrected chi connectivity index (χ4v) is 4.83. The van der Waals surface area contributed by atoms with E-state index in [2.05, 4.69) is 73.8 Å². The molecule has 0 bridgehead atoms. The van der Waals surface area contributed by atoms with Crippen LogP contribution in [0.3, 0.4) is 0 Å². The molecule has 1 aliphatic rings. The zero-order chi connectivity index (χ0) is 17.0. The molecule has 0 saturated heterocycles. The van der Waals surface area contributed by atoms with Gasteiger partial charge < -0.3 is 5.11 Å². The van der Waals surface area contributed by atoms with E-state index in [1.807, 2.05) is 11.8 Å². The molecule has 0 amide bonds. The van der Waals surface area contributed by atoms with Crippen LogP contribution in [0.2, 0.25) is 0 Å². The van der Waals surface area contributed by atoms with E-state index in [0.29, 0.717) is 0 Å². The highest BCUT2D eigenvalue weighted by Gasteiger charge is 2.36. The zero-order valence-electron chi connectivity index (χ0n) is 14.5. The smallest absolute Gasteiger partial charge is 0.0592 e. The molecule has 0 saturated carbocycles. The van der Waals surface area contributed by atoms with Crippen molar-refractivity contribution in [2.75, 3.05) is 5.75 Å². The first-order chi connectivity index (χ1) is 11.7. The van der Waals surface area contributed by atoms with E-state index >= 15 is 0 Å². The fraction of sp³-hybridized carbons (Fsp3) is 0.429. The first kappa shape index (κ1) is 17.5. The van der Waals surface area contributed by atoms with Crippen molar-refractivity contribution in [1.82, 2.24) is 5.32 Å². The first-order valence-corrected chi connectivity index (χ1v) is 9.88. The van der Waals surface area contributed by atoms with Gasteiger partial charge in [-0.05, 0) is 36.5 Å². The minimum atomic E-state index is -0.254. The molecule has 2 nitrogen and oxygen atoms in total. The first-order valence-electron chi connectivity index (χ1n) is 8.90. The van der Waals surface area contributed by atoms with E-state index in [4.69, 9.17) is 0 Å². The van der Waals surface area contributed by atoms with Crippen molar-refractivity contribution in [3.05, 3.63) is 65.7 Å². The molecule has 2 N–H and O–H groups in total. The average Bonchev–Trinajstić information content (AvgIpc) is 2.80. The number of hydrogen-bond acceptors (Lipinski definition) is 3. The normalized spacial score (nSPS) is 24.9. The van der Waals surface area contributed by atoms with Gasteiger partial charge in [-0.2, -0.15) is 0 Å². The van der Waals surface area contributed by atoms with Crippen LogP contribution in [0.5, 0.6) is 0 Å².